The molecule has 0 atom stereocenters. The van der Waals surface area contributed by atoms with Crippen LogP contribution in [-0.4, -0.2) is 14.2 Å². The van der Waals surface area contributed by atoms with Gasteiger partial charge < -0.3 is 4.74 Å². The summed E-state index contributed by atoms with van der Waals surface area (Å²) in [7, 11) is 3.25. The van der Waals surface area contributed by atoms with Crippen LogP contribution in [0.25, 0.3) is 0 Å². The zero-order chi connectivity index (χ0) is 8.69. The third-order valence-corrected chi connectivity index (χ3v) is 1.43. The van der Waals surface area contributed by atoms with Crippen molar-refractivity contribution >= 4 is 0 Å². The zero-order valence-electron chi connectivity index (χ0n) is 7.72. The summed E-state index contributed by atoms with van der Waals surface area (Å²) < 4.78 is 4.25. The highest BCUT2D eigenvalue weighted by molar-refractivity contribution is 5.23. The Bertz CT molecular complexity index is 173. The maximum Gasteiger partial charge on any atom is 0.0351 e. The summed E-state index contributed by atoms with van der Waals surface area (Å²) in [5.74, 6) is 0. The minimum absolute atomic E-state index is 1.37. The Morgan fingerprint density at radius 3 is 1.36 bits per heavy atom. The Balaban J connectivity index is 0.000000292. The first-order valence-electron chi connectivity index (χ1n) is 3.64. The highest BCUT2D eigenvalue weighted by atomic mass is 16.4. The average molecular weight is 152 g/mol. The van der Waals surface area contributed by atoms with Gasteiger partial charge in [-0.15, -0.1) is 0 Å². The fraction of sp³-hybridized carbons (Fsp3) is 0.400. The Hall–Kier alpha value is -0.820. The molecule has 0 saturated heterocycles. The molecule has 62 valence electrons. The Kier molecular flexibility index (Phi) is 5.49. The van der Waals surface area contributed by atoms with Gasteiger partial charge in [-0.25, -0.2) is 0 Å². The van der Waals surface area contributed by atoms with Crippen molar-refractivity contribution < 1.29 is 4.74 Å². The molecule has 0 N–H and O–H groups in total. The van der Waals surface area contributed by atoms with Crippen molar-refractivity contribution in [2.24, 2.45) is 0 Å². The van der Waals surface area contributed by atoms with E-state index in [2.05, 4.69) is 42.8 Å². The van der Waals surface area contributed by atoms with Crippen molar-refractivity contribution in [3.05, 3.63) is 35.4 Å². The molecule has 1 rings (SSSR count). The normalized spacial score (nSPS) is 8.36. The van der Waals surface area contributed by atoms with Crippen LogP contribution in [0.15, 0.2) is 24.3 Å². The van der Waals surface area contributed by atoms with Crippen LogP contribution in [0.3, 0.4) is 0 Å². The molecule has 0 radical (unpaired) electrons. The molecule has 0 aliphatic rings. The molecule has 1 aromatic carbocycles. The fourth-order valence-electron chi connectivity index (χ4n) is 0.663. The number of hydrogen-bond donors (Lipinski definition) is 0. The van der Waals surface area contributed by atoms with Gasteiger partial charge in [0.25, 0.3) is 0 Å². The van der Waals surface area contributed by atoms with Gasteiger partial charge in [0.15, 0.2) is 0 Å². The van der Waals surface area contributed by atoms with E-state index >= 15 is 0 Å². The number of ether oxygens (including phenoxy) is 1. The summed E-state index contributed by atoms with van der Waals surface area (Å²) in [4.78, 5) is 0. The third kappa shape index (κ3) is 4.57. The van der Waals surface area contributed by atoms with Crippen LogP contribution in [0.1, 0.15) is 11.1 Å². The van der Waals surface area contributed by atoms with E-state index < -0.39 is 0 Å². The standard InChI is InChI=1S/C8H10.C2H6O/c1-7-5-3-4-6-8(7)2;1-3-2/h3-6H,1-2H3;1-2H3. The van der Waals surface area contributed by atoms with Gasteiger partial charge in [-0.2, -0.15) is 0 Å². The van der Waals surface area contributed by atoms with Gasteiger partial charge in [-0.1, -0.05) is 24.3 Å². The predicted octanol–water partition coefficient (Wildman–Crippen LogP) is 2.57. The van der Waals surface area contributed by atoms with Crippen LogP contribution >= 0.6 is 0 Å². The maximum atomic E-state index is 4.25. The number of hydrogen-bond acceptors (Lipinski definition) is 1. The molecule has 0 amide bonds. The maximum absolute atomic E-state index is 4.25. The first-order chi connectivity index (χ1) is 5.22. The summed E-state index contributed by atoms with van der Waals surface area (Å²) in [5.41, 5.74) is 2.74. The van der Waals surface area contributed by atoms with E-state index in [0.29, 0.717) is 0 Å². The van der Waals surface area contributed by atoms with Gasteiger partial charge in [-0.05, 0) is 25.0 Å². The molecule has 0 aliphatic heterocycles. The van der Waals surface area contributed by atoms with E-state index in [0.717, 1.165) is 0 Å². The topological polar surface area (TPSA) is 9.23 Å². The number of rotatable bonds is 0. The molecule has 11 heavy (non-hydrogen) atoms. The Labute approximate surface area is 69.0 Å². The fourth-order valence-corrected chi connectivity index (χ4v) is 0.663. The molecule has 1 aromatic rings. The van der Waals surface area contributed by atoms with Gasteiger partial charge in [0, 0.05) is 14.2 Å². The predicted molar refractivity (Wildman–Crippen MR) is 48.8 cm³/mol. The first-order valence-corrected chi connectivity index (χ1v) is 3.64. The first kappa shape index (κ1) is 10.2. The molecule has 0 spiro atoms. The quantitative estimate of drug-likeness (QED) is 0.555. The summed E-state index contributed by atoms with van der Waals surface area (Å²) >= 11 is 0. The lowest BCUT2D eigenvalue weighted by molar-refractivity contribution is 0.277. The molecule has 0 aromatic heterocycles. The van der Waals surface area contributed by atoms with Crippen LogP contribution < -0.4 is 0 Å². The highest BCUT2D eigenvalue weighted by Crippen LogP contribution is 2.02. The lowest BCUT2D eigenvalue weighted by Gasteiger charge is -1.93. The van der Waals surface area contributed by atoms with E-state index in [1.807, 2.05) is 0 Å². The van der Waals surface area contributed by atoms with E-state index in [9.17, 15) is 0 Å². The molecule has 0 heterocycles. The third-order valence-electron chi connectivity index (χ3n) is 1.43. The Morgan fingerprint density at radius 2 is 1.18 bits per heavy atom. The molecule has 0 fully saturated rings. The van der Waals surface area contributed by atoms with Gasteiger partial charge in [0.1, 0.15) is 0 Å². The molecule has 1 nitrogen and oxygen atoms in total. The molecule has 0 unspecified atom stereocenters. The smallest absolute Gasteiger partial charge is 0.0351 e. The Morgan fingerprint density at radius 1 is 0.909 bits per heavy atom. The number of benzene rings is 1. The van der Waals surface area contributed by atoms with Crippen LogP contribution in [-0.2, 0) is 4.74 Å². The molecule has 0 saturated carbocycles. The molecule has 0 aliphatic carbocycles. The van der Waals surface area contributed by atoms with E-state index in [4.69, 9.17) is 0 Å². The monoisotopic (exact) mass is 152 g/mol. The van der Waals surface area contributed by atoms with Gasteiger partial charge >= 0.3 is 0 Å². The van der Waals surface area contributed by atoms with Crippen molar-refractivity contribution in [2.75, 3.05) is 14.2 Å². The van der Waals surface area contributed by atoms with Gasteiger partial charge in [0.05, 0.1) is 0 Å². The summed E-state index contributed by atoms with van der Waals surface area (Å²) in [6.07, 6.45) is 0. The number of aryl methyl sites for hydroxylation is 2. The second-order valence-corrected chi connectivity index (χ2v) is 2.49. The van der Waals surface area contributed by atoms with E-state index in [1.165, 1.54) is 11.1 Å². The minimum atomic E-state index is 1.37. The average Bonchev–Trinajstić information content (AvgIpc) is 1.97. The largest absolute Gasteiger partial charge is 0.388 e. The number of methoxy groups -OCH3 is 1. The van der Waals surface area contributed by atoms with Gasteiger partial charge in [-0.3, -0.25) is 0 Å². The second-order valence-electron chi connectivity index (χ2n) is 2.49. The van der Waals surface area contributed by atoms with Crippen LogP contribution in [0.4, 0.5) is 0 Å². The van der Waals surface area contributed by atoms with Crippen molar-refractivity contribution in [2.45, 2.75) is 13.8 Å². The molecule has 1 heteroatoms. The van der Waals surface area contributed by atoms with E-state index in [-0.39, 0.29) is 0 Å². The summed E-state index contributed by atoms with van der Waals surface area (Å²) in [6, 6.07) is 8.36. The van der Waals surface area contributed by atoms with Crippen LogP contribution in [0.2, 0.25) is 0 Å². The lowest BCUT2D eigenvalue weighted by Crippen LogP contribution is -1.74. The van der Waals surface area contributed by atoms with Crippen molar-refractivity contribution in [1.29, 1.82) is 0 Å². The zero-order valence-corrected chi connectivity index (χ0v) is 7.72. The molecular formula is C10H16O. The SMILES string of the molecule is COC.Cc1ccccc1C. The minimum Gasteiger partial charge on any atom is -0.388 e. The summed E-state index contributed by atoms with van der Waals surface area (Å²) in [5, 5.41) is 0. The van der Waals surface area contributed by atoms with E-state index in [1.54, 1.807) is 14.2 Å². The molecular weight excluding hydrogens is 136 g/mol. The second kappa shape index (κ2) is 5.93. The van der Waals surface area contributed by atoms with Crippen molar-refractivity contribution in [1.82, 2.24) is 0 Å². The summed E-state index contributed by atoms with van der Waals surface area (Å²) in [6.45, 7) is 4.24. The van der Waals surface area contributed by atoms with Gasteiger partial charge in [0.2, 0.25) is 0 Å². The van der Waals surface area contributed by atoms with Crippen LogP contribution in [0, 0.1) is 13.8 Å². The van der Waals surface area contributed by atoms with Crippen molar-refractivity contribution in [3.63, 3.8) is 0 Å². The highest BCUT2D eigenvalue weighted by Gasteiger charge is 1.83. The van der Waals surface area contributed by atoms with Crippen LogP contribution in [0.5, 0.6) is 0 Å². The van der Waals surface area contributed by atoms with Crippen molar-refractivity contribution in [3.8, 4) is 0 Å². The lowest BCUT2D eigenvalue weighted by atomic mass is 10.1. The molecule has 0 bridgehead atoms.